The highest BCUT2D eigenvalue weighted by molar-refractivity contribution is 5.94. The van der Waals surface area contributed by atoms with E-state index >= 15 is 0 Å². The molecule has 0 aliphatic carbocycles. The molecule has 4 aromatic carbocycles. The van der Waals surface area contributed by atoms with Crippen LogP contribution in [0.5, 0.6) is 0 Å². The first kappa shape index (κ1) is 106. The van der Waals surface area contributed by atoms with Gasteiger partial charge in [-0.3, -0.25) is 52.7 Å². The quantitative estimate of drug-likeness (QED) is 0.0164. The summed E-state index contributed by atoms with van der Waals surface area (Å²) in [6, 6.07) is 33.8. The van der Waals surface area contributed by atoms with Gasteiger partial charge in [-0.25, -0.2) is 14.4 Å². The lowest BCUT2D eigenvalue weighted by atomic mass is 9.89. The molecule has 8 N–H and O–H groups in total. The second-order valence-electron chi connectivity index (χ2n) is 33.2. The Labute approximate surface area is 685 Å². The molecule has 4 amide bonds. The van der Waals surface area contributed by atoms with Gasteiger partial charge in [0.05, 0.1) is 70.1 Å². The number of esters is 5. The predicted octanol–water partition coefficient (Wildman–Crippen LogP) is 12.3. The maximum absolute atomic E-state index is 13.0. The van der Waals surface area contributed by atoms with Gasteiger partial charge in [-0.1, -0.05) is 177 Å². The first-order valence-corrected chi connectivity index (χ1v) is 38.9. The number of ketones is 3. The van der Waals surface area contributed by atoms with E-state index in [1.165, 1.54) is 21.3 Å². The highest BCUT2D eigenvalue weighted by Crippen LogP contribution is 2.23. The molecule has 0 saturated carbocycles. The maximum Gasteiger partial charge on any atom is 0.408 e. The number of nitrogens with one attached hydrogen (secondary N) is 4. The van der Waals surface area contributed by atoms with Crippen LogP contribution < -0.4 is 27.0 Å². The molecule has 646 valence electrons. The van der Waals surface area contributed by atoms with Crippen LogP contribution in [0.4, 0.5) is 9.59 Å². The topological polar surface area (TPSA) is 418 Å². The monoisotopic (exact) mass is 1630 g/mol. The lowest BCUT2D eigenvalue weighted by molar-refractivity contribution is -0.156. The lowest BCUT2D eigenvalue weighted by Gasteiger charge is -2.26. The molecule has 0 aliphatic heterocycles. The normalized spacial score (nSPS) is 13.3. The molecule has 8 atom stereocenters. The Morgan fingerprint density at radius 1 is 0.328 bits per heavy atom. The van der Waals surface area contributed by atoms with Gasteiger partial charge in [-0.05, 0) is 155 Å². The summed E-state index contributed by atoms with van der Waals surface area (Å²) in [4.78, 5) is 168. The van der Waals surface area contributed by atoms with E-state index in [0.29, 0.717) is 19.3 Å². The largest absolute Gasteiger partial charge is 0.481 e. The Morgan fingerprint density at radius 2 is 0.578 bits per heavy atom. The number of methoxy groups -OCH3 is 3. The lowest BCUT2D eigenvalue weighted by Crippen LogP contribution is -2.47. The number of amides is 4. The van der Waals surface area contributed by atoms with Crippen molar-refractivity contribution in [3.63, 3.8) is 0 Å². The Hall–Kier alpha value is -10.4. The standard InChI is InChI=1S/C24H35NO6.C23H33NO6.C21H31NO5.C10H19NO4.C10H13NO2/c1-16(2)22(25-20(27)12-13-21(28)31-24(3,4)5)19(26)15-18(23(29)30-6)14-17-10-8-7-9-11-17;1-15(2)21(24-19(26)11-12-20(27)30-23(3,4)5)18(25)14-17(22(28)29)13-16-9-7-6-8-10-16;1-14(2)18(22-20(25)27-21(3,4)5)17(23)13-16(19(24)26-6)12-15-10-8-7-9-11-15;1-6(2)7(8(12)13)11-9(14)15-10(3,4)5;1-13-10(12)9(11)7-8-5-3-2-4-6-8/h7-11,16,18,22H,12-15H2,1-6H3,(H,25,27);6-10,15,17,21H,11-14H2,1-5H3,(H,24,26)(H,28,29);7-11,14,16,18H,12-13H2,1-6H3,(H,22,25);6-7H,1-5H3,(H,11,14)(H,12,13);2-6,9H,7,11H2,1H3/t18-,22-;17-,21-;16-,18-;7-;9-/m11110/s1. The van der Waals surface area contributed by atoms with Crippen LogP contribution in [0, 0.1) is 41.4 Å². The Balaban J connectivity index is 0.00000147. The Kier molecular flexibility index (Phi) is 48.2. The summed E-state index contributed by atoms with van der Waals surface area (Å²) in [5.74, 6) is -8.81. The zero-order chi connectivity index (χ0) is 89.0. The second-order valence-corrected chi connectivity index (χ2v) is 33.2. The van der Waals surface area contributed by atoms with E-state index in [-0.39, 0.29) is 98.4 Å². The Morgan fingerprint density at radius 3 is 0.828 bits per heavy atom. The average Bonchev–Trinajstić information content (AvgIpc) is 0.870. The van der Waals surface area contributed by atoms with E-state index in [1.807, 2.05) is 149 Å². The van der Waals surface area contributed by atoms with E-state index in [1.54, 1.807) is 111 Å². The summed E-state index contributed by atoms with van der Waals surface area (Å²) in [6.45, 7) is 35.2. The third kappa shape index (κ3) is 48.7. The molecule has 0 saturated heterocycles. The van der Waals surface area contributed by atoms with Crippen LogP contribution >= 0.6 is 0 Å². The van der Waals surface area contributed by atoms with Crippen molar-refractivity contribution in [1.29, 1.82) is 0 Å². The third-order valence-corrected chi connectivity index (χ3v) is 16.4. The van der Waals surface area contributed by atoms with Crippen LogP contribution in [0.25, 0.3) is 0 Å². The highest BCUT2D eigenvalue weighted by atomic mass is 16.6. The van der Waals surface area contributed by atoms with Crippen LogP contribution in [0.15, 0.2) is 121 Å². The number of nitrogens with two attached hydrogens (primary N) is 1. The van der Waals surface area contributed by atoms with E-state index < -0.39 is 130 Å². The molecular formula is C88H131N5O23. The zero-order valence-corrected chi connectivity index (χ0v) is 72.3. The fourth-order valence-corrected chi connectivity index (χ4v) is 10.9. The minimum absolute atomic E-state index is 0.0137. The molecule has 0 radical (unpaired) electrons. The van der Waals surface area contributed by atoms with Crippen LogP contribution in [-0.2, 0) is 116 Å². The summed E-state index contributed by atoms with van der Waals surface area (Å²) >= 11 is 0. The summed E-state index contributed by atoms with van der Waals surface area (Å²) in [5.41, 5.74) is 6.80. The summed E-state index contributed by atoms with van der Waals surface area (Å²) < 4.78 is 34.8. The minimum atomic E-state index is -1.06. The van der Waals surface area contributed by atoms with Crippen LogP contribution in [0.3, 0.4) is 0 Å². The number of rotatable bonds is 36. The van der Waals surface area contributed by atoms with Gasteiger partial charge in [0, 0.05) is 32.1 Å². The molecule has 0 aliphatic rings. The zero-order valence-electron chi connectivity index (χ0n) is 72.3. The number of carbonyl (C=O) groups is 14. The number of carboxylic acids is 2. The predicted molar refractivity (Wildman–Crippen MR) is 439 cm³/mol. The van der Waals surface area contributed by atoms with Crippen molar-refractivity contribution in [3.05, 3.63) is 144 Å². The molecule has 0 fully saturated rings. The molecular weight excluding hydrogens is 1490 g/mol. The highest BCUT2D eigenvalue weighted by Gasteiger charge is 2.35. The number of carbonyl (C=O) groups excluding carboxylic acids is 12. The van der Waals surface area contributed by atoms with Crippen molar-refractivity contribution in [2.75, 3.05) is 21.3 Å². The van der Waals surface area contributed by atoms with Gasteiger partial charge >= 0.3 is 54.0 Å². The fourth-order valence-electron chi connectivity index (χ4n) is 10.9. The van der Waals surface area contributed by atoms with Gasteiger partial charge in [-0.2, -0.15) is 0 Å². The molecule has 4 rings (SSSR count). The number of hydrogen-bond acceptors (Lipinski definition) is 22. The smallest absolute Gasteiger partial charge is 0.408 e. The summed E-state index contributed by atoms with van der Waals surface area (Å²) in [5, 5.41) is 28.7. The maximum atomic E-state index is 13.0. The number of aliphatic carboxylic acids is 2. The first-order chi connectivity index (χ1) is 53.7. The number of alkyl carbamates (subject to hydrolysis) is 2. The molecule has 28 nitrogen and oxygen atoms in total. The summed E-state index contributed by atoms with van der Waals surface area (Å²) in [7, 11) is 3.94. The number of Topliss-reactive ketones (excluding diaryl/α,β-unsaturated/α-hetero) is 3. The van der Waals surface area contributed by atoms with Gasteiger partial charge in [0.15, 0.2) is 17.3 Å². The van der Waals surface area contributed by atoms with Gasteiger partial charge in [0.2, 0.25) is 11.8 Å². The van der Waals surface area contributed by atoms with Gasteiger partial charge in [0.1, 0.15) is 34.5 Å². The molecule has 0 aromatic heterocycles. The minimum Gasteiger partial charge on any atom is -0.481 e. The average molecular weight is 1630 g/mol. The van der Waals surface area contributed by atoms with Crippen molar-refractivity contribution < 1.29 is 110 Å². The third-order valence-electron chi connectivity index (χ3n) is 16.4. The molecule has 0 unspecified atom stereocenters. The number of hydrogen-bond donors (Lipinski definition) is 7. The van der Waals surface area contributed by atoms with Gasteiger partial charge < -0.3 is 70.4 Å². The number of carboxylic acid groups (broad SMARTS) is 2. The molecule has 116 heavy (non-hydrogen) atoms. The van der Waals surface area contributed by atoms with E-state index in [4.69, 9.17) is 39.3 Å². The van der Waals surface area contributed by atoms with Crippen molar-refractivity contribution in [3.8, 4) is 0 Å². The number of ether oxygens (including phenoxy) is 7. The Bertz CT molecular complexity index is 3710. The molecule has 28 heteroatoms. The van der Waals surface area contributed by atoms with Crippen molar-refractivity contribution in [1.82, 2.24) is 21.3 Å². The van der Waals surface area contributed by atoms with Gasteiger partial charge in [0.25, 0.3) is 0 Å². The number of benzene rings is 4. The van der Waals surface area contributed by atoms with Crippen molar-refractivity contribution in [2.45, 2.75) is 262 Å². The van der Waals surface area contributed by atoms with Crippen molar-refractivity contribution >= 4 is 83.1 Å². The van der Waals surface area contributed by atoms with E-state index in [2.05, 4.69) is 26.0 Å². The second kappa shape index (κ2) is 53.0. The molecule has 0 bridgehead atoms. The van der Waals surface area contributed by atoms with Crippen LogP contribution in [0.2, 0.25) is 0 Å². The SMILES string of the molecule is CC(C)[C@@H](NC(=O)CCC(=O)OC(C)(C)C)C(=O)C[C@@H](Cc1ccccc1)C(=O)O.CC(C)[C@@H](NC(=O)OC(C)(C)C)C(=O)O.COC(=O)[C@@H](CC(=O)[C@H](NC(=O)CCC(=O)OC(C)(C)C)C(C)C)Cc1ccccc1.COC(=O)[C@@H](CC(=O)[C@H](NC(=O)OC(C)(C)C)C(C)C)Cc1ccccc1.COC(=O)[C@@H](N)Cc1ccccc1. The summed E-state index contributed by atoms with van der Waals surface area (Å²) in [6.07, 6.45) is -0.394. The van der Waals surface area contributed by atoms with Crippen LogP contribution in [0.1, 0.15) is 206 Å². The van der Waals surface area contributed by atoms with Crippen LogP contribution in [-0.4, -0.2) is 167 Å². The fraction of sp³-hybridized carbons (Fsp3) is 0.568. The molecule has 4 aromatic rings. The van der Waals surface area contributed by atoms with E-state index in [9.17, 15) is 72.2 Å². The van der Waals surface area contributed by atoms with Gasteiger partial charge in [-0.15, -0.1) is 0 Å². The first-order valence-electron chi connectivity index (χ1n) is 38.9. The molecule has 0 spiro atoms. The van der Waals surface area contributed by atoms with E-state index in [0.717, 1.165) is 22.3 Å². The molecule has 0 heterocycles. The van der Waals surface area contributed by atoms with Crippen molar-refractivity contribution in [2.24, 2.45) is 47.2 Å².